The van der Waals surface area contributed by atoms with Crippen LogP contribution in [0.4, 0.5) is 5.69 Å². The van der Waals surface area contributed by atoms with E-state index < -0.39 is 5.54 Å². The lowest BCUT2D eigenvalue weighted by molar-refractivity contribution is 0.0779. The van der Waals surface area contributed by atoms with Crippen LogP contribution in [0.1, 0.15) is 48.9 Å². The van der Waals surface area contributed by atoms with Gasteiger partial charge in [-0.15, -0.1) is 0 Å². The van der Waals surface area contributed by atoms with E-state index in [9.17, 15) is 4.79 Å². The molecule has 1 aromatic carbocycles. The minimum absolute atomic E-state index is 0.0238. The van der Waals surface area contributed by atoms with Crippen molar-refractivity contribution in [1.29, 1.82) is 0 Å². The molecular formula is C22H30N6O. The maximum absolute atomic E-state index is 13.1. The first-order valence-electron chi connectivity index (χ1n) is 10.2. The van der Waals surface area contributed by atoms with Gasteiger partial charge in [0.05, 0.1) is 11.1 Å². The molecule has 1 fully saturated rings. The molecule has 7 heteroatoms. The predicted octanol–water partition coefficient (Wildman–Crippen LogP) is 2.73. The Hall–Kier alpha value is -2.67. The number of anilines is 1. The number of amides is 1. The summed E-state index contributed by atoms with van der Waals surface area (Å²) in [6.07, 6.45) is 0.806. The van der Waals surface area contributed by atoms with Gasteiger partial charge < -0.3 is 10.2 Å². The van der Waals surface area contributed by atoms with Gasteiger partial charge in [-0.3, -0.25) is 19.8 Å². The molecule has 7 nitrogen and oxygen atoms in total. The van der Waals surface area contributed by atoms with E-state index in [2.05, 4.69) is 54.7 Å². The molecule has 1 aromatic heterocycles. The van der Waals surface area contributed by atoms with Crippen molar-refractivity contribution in [2.24, 2.45) is 12.0 Å². The van der Waals surface area contributed by atoms with Crippen molar-refractivity contribution in [3.05, 3.63) is 47.3 Å². The number of carbonyl (C=O) groups is 1. The average molecular weight is 395 g/mol. The standard InChI is InChI=1S/C22H30N6O/c1-15-12-18(26-27(15)5)19(29)28-11-10-22(14-28)20(25-21(2,3)4)24-17-9-7-6-8-16(17)13-23-22/h6-9,12,23H,10-11,13-14H2,1-5H3,(H,24,25)/t22-/m1/s1. The molecule has 0 radical (unpaired) electrons. The van der Waals surface area contributed by atoms with E-state index in [4.69, 9.17) is 4.99 Å². The summed E-state index contributed by atoms with van der Waals surface area (Å²) in [5, 5.41) is 11.7. The number of para-hydroxylation sites is 1. The van der Waals surface area contributed by atoms with Crippen molar-refractivity contribution in [3.8, 4) is 0 Å². The monoisotopic (exact) mass is 394 g/mol. The maximum Gasteiger partial charge on any atom is 0.274 e. The van der Waals surface area contributed by atoms with Gasteiger partial charge in [0.1, 0.15) is 5.84 Å². The van der Waals surface area contributed by atoms with Gasteiger partial charge in [-0.05, 0) is 51.8 Å². The molecule has 1 amide bonds. The summed E-state index contributed by atoms with van der Waals surface area (Å²) in [6.45, 7) is 10.2. The molecule has 0 unspecified atom stereocenters. The Bertz CT molecular complexity index is 950. The number of aromatic nitrogens is 2. The number of carbonyl (C=O) groups excluding carboxylic acids is 1. The summed E-state index contributed by atoms with van der Waals surface area (Å²) in [4.78, 5) is 20.0. The van der Waals surface area contributed by atoms with Gasteiger partial charge >= 0.3 is 0 Å². The molecule has 3 heterocycles. The lowest BCUT2D eigenvalue weighted by Crippen LogP contribution is -2.56. The number of hydrogen-bond acceptors (Lipinski definition) is 4. The van der Waals surface area contributed by atoms with Gasteiger partial charge in [0, 0.05) is 38.1 Å². The number of nitrogens with one attached hydrogen (secondary N) is 2. The zero-order valence-electron chi connectivity index (χ0n) is 17.9. The second-order valence-corrected chi connectivity index (χ2v) is 9.12. The number of aryl methyl sites for hydroxylation is 2. The SMILES string of the molecule is Cc1cc(C(=O)N2CC[C@]3(C2)NCc2ccccc2NC3=NC(C)(C)C)nn1C. The summed E-state index contributed by atoms with van der Waals surface area (Å²) >= 11 is 0. The third-order valence-corrected chi connectivity index (χ3v) is 5.68. The minimum Gasteiger partial charge on any atom is -0.342 e. The molecule has 0 bridgehead atoms. The third-order valence-electron chi connectivity index (χ3n) is 5.68. The lowest BCUT2D eigenvalue weighted by Gasteiger charge is -2.32. The van der Waals surface area contributed by atoms with Crippen molar-refractivity contribution in [2.45, 2.75) is 51.7 Å². The Morgan fingerprint density at radius 2 is 2.03 bits per heavy atom. The fourth-order valence-corrected chi connectivity index (χ4v) is 4.01. The molecule has 2 aliphatic heterocycles. The van der Waals surface area contributed by atoms with Gasteiger partial charge in [-0.2, -0.15) is 5.10 Å². The van der Waals surface area contributed by atoms with Crippen LogP contribution in [-0.4, -0.2) is 50.6 Å². The highest BCUT2D eigenvalue weighted by molar-refractivity contribution is 6.05. The van der Waals surface area contributed by atoms with Gasteiger partial charge in [-0.25, -0.2) is 0 Å². The molecule has 154 valence electrons. The Balaban J connectivity index is 1.66. The van der Waals surface area contributed by atoms with Crippen LogP contribution in [0.25, 0.3) is 0 Å². The Morgan fingerprint density at radius 1 is 1.28 bits per heavy atom. The van der Waals surface area contributed by atoms with E-state index in [-0.39, 0.29) is 11.4 Å². The quantitative estimate of drug-likeness (QED) is 0.780. The first-order chi connectivity index (χ1) is 13.7. The minimum atomic E-state index is -0.397. The highest BCUT2D eigenvalue weighted by Gasteiger charge is 2.46. The zero-order valence-corrected chi connectivity index (χ0v) is 17.9. The number of nitrogens with zero attached hydrogens (tertiary/aromatic N) is 4. The molecule has 2 aromatic rings. The smallest absolute Gasteiger partial charge is 0.274 e. The highest BCUT2D eigenvalue weighted by atomic mass is 16.2. The summed E-state index contributed by atoms with van der Waals surface area (Å²) < 4.78 is 1.74. The Kier molecular flexibility index (Phi) is 4.73. The molecule has 1 atom stereocenters. The fourth-order valence-electron chi connectivity index (χ4n) is 4.01. The number of fused-ring (bicyclic) bond motifs is 1. The first kappa shape index (κ1) is 19.6. The van der Waals surface area contributed by atoms with E-state index in [0.717, 1.165) is 30.2 Å². The lowest BCUT2D eigenvalue weighted by atomic mass is 9.95. The molecule has 0 aliphatic carbocycles. The Labute approximate surface area is 172 Å². The van der Waals surface area contributed by atoms with Gasteiger partial charge in [0.25, 0.3) is 5.91 Å². The number of likely N-dealkylation sites (tertiary alicyclic amines) is 1. The van der Waals surface area contributed by atoms with Crippen molar-refractivity contribution in [3.63, 3.8) is 0 Å². The van der Waals surface area contributed by atoms with Crippen LogP contribution in [-0.2, 0) is 13.6 Å². The topological polar surface area (TPSA) is 74.6 Å². The number of rotatable bonds is 1. The number of aliphatic imine (C=N–C) groups is 1. The number of hydrogen-bond donors (Lipinski definition) is 2. The number of benzene rings is 1. The van der Waals surface area contributed by atoms with Crippen molar-refractivity contribution in [1.82, 2.24) is 20.0 Å². The van der Waals surface area contributed by atoms with Gasteiger partial charge in [0.2, 0.25) is 0 Å². The fraction of sp³-hybridized carbons (Fsp3) is 0.500. The zero-order chi connectivity index (χ0) is 20.8. The van der Waals surface area contributed by atoms with Gasteiger partial charge in [-0.1, -0.05) is 18.2 Å². The number of amidine groups is 1. The van der Waals surface area contributed by atoms with Crippen molar-refractivity contribution >= 4 is 17.4 Å². The molecule has 4 rings (SSSR count). The second-order valence-electron chi connectivity index (χ2n) is 9.12. The summed E-state index contributed by atoms with van der Waals surface area (Å²) in [7, 11) is 1.86. The average Bonchev–Trinajstić information content (AvgIpc) is 3.19. The molecule has 0 saturated carbocycles. The molecule has 29 heavy (non-hydrogen) atoms. The maximum atomic E-state index is 13.1. The highest BCUT2D eigenvalue weighted by Crippen LogP contribution is 2.31. The Morgan fingerprint density at radius 3 is 2.72 bits per heavy atom. The van der Waals surface area contributed by atoms with Crippen molar-refractivity contribution < 1.29 is 4.79 Å². The van der Waals surface area contributed by atoms with E-state index in [1.165, 1.54) is 5.56 Å². The van der Waals surface area contributed by atoms with Crippen LogP contribution in [0, 0.1) is 6.92 Å². The van der Waals surface area contributed by atoms with Crippen LogP contribution in [0.15, 0.2) is 35.3 Å². The van der Waals surface area contributed by atoms with Gasteiger partial charge in [0.15, 0.2) is 5.69 Å². The summed E-state index contributed by atoms with van der Waals surface area (Å²) in [5.74, 6) is 0.881. The molecule has 1 saturated heterocycles. The van der Waals surface area contributed by atoms with Crippen molar-refractivity contribution in [2.75, 3.05) is 18.4 Å². The largest absolute Gasteiger partial charge is 0.342 e. The summed E-state index contributed by atoms with van der Waals surface area (Å²) in [5.41, 5.74) is 3.13. The third kappa shape index (κ3) is 3.79. The normalized spacial score (nSPS) is 23.2. The molecule has 2 N–H and O–H groups in total. The van der Waals surface area contributed by atoms with E-state index in [1.807, 2.05) is 31.0 Å². The van der Waals surface area contributed by atoms with Crippen LogP contribution < -0.4 is 10.6 Å². The van der Waals surface area contributed by atoms with E-state index in [0.29, 0.717) is 18.8 Å². The molecule has 1 spiro atoms. The van der Waals surface area contributed by atoms with Crippen LogP contribution in [0.5, 0.6) is 0 Å². The first-order valence-corrected chi connectivity index (χ1v) is 10.2. The van der Waals surface area contributed by atoms with Crippen LogP contribution in [0.3, 0.4) is 0 Å². The molecular weight excluding hydrogens is 364 g/mol. The predicted molar refractivity (Wildman–Crippen MR) is 115 cm³/mol. The van der Waals surface area contributed by atoms with E-state index in [1.54, 1.807) is 4.68 Å². The summed E-state index contributed by atoms with van der Waals surface area (Å²) in [6, 6.07) is 10.1. The van der Waals surface area contributed by atoms with E-state index >= 15 is 0 Å². The molecule has 2 aliphatic rings. The second kappa shape index (κ2) is 6.99. The van der Waals surface area contributed by atoms with Crippen LogP contribution in [0.2, 0.25) is 0 Å². The van der Waals surface area contributed by atoms with Crippen LogP contribution >= 0.6 is 0 Å².